The van der Waals surface area contributed by atoms with Crippen LogP contribution in [0.25, 0.3) is 10.9 Å². The number of hydrogen-bond acceptors (Lipinski definition) is 3. The minimum Gasteiger partial charge on any atom is -0.549 e. The fourth-order valence-corrected chi connectivity index (χ4v) is 1.99. The van der Waals surface area contributed by atoms with Crippen molar-refractivity contribution in [2.75, 3.05) is 0 Å². The van der Waals surface area contributed by atoms with Gasteiger partial charge in [0.25, 0.3) is 0 Å². The molecule has 0 fully saturated rings. The molecule has 18 heavy (non-hydrogen) atoms. The Kier molecular flexibility index (Phi) is 5.14. The molecule has 0 aliphatic rings. The van der Waals surface area contributed by atoms with Crippen molar-refractivity contribution in [1.29, 1.82) is 0 Å². The smallest absolute Gasteiger partial charge is 0.549 e. The average Bonchev–Trinajstić information content (AvgIpc) is 2.69. The second-order valence-corrected chi connectivity index (χ2v) is 4.07. The topological polar surface area (TPSA) is 73.0 Å². The zero-order valence-corrected chi connectivity index (χ0v) is 12.4. The zero-order valence-electron chi connectivity index (χ0n) is 10.4. The van der Waals surface area contributed by atoms with Crippen molar-refractivity contribution in [1.82, 2.24) is 4.98 Å². The molecule has 2 rings (SSSR count). The van der Waals surface area contributed by atoms with Gasteiger partial charge in [-0.15, -0.1) is 0 Å². The molecule has 0 radical (unpaired) electrons. The average molecular weight is 253 g/mol. The molecule has 88 valence electrons. The molecule has 0 saturated heterocycles. The third-order valence-corrected chi connectivity index (χ3v) is 2.77. The van der Waals surface area contributed by atoms with Gasteiger partial charge in [-0.25, -0.2) is 0 Å². The molecule has 1 atom stereocenters. The van der Waals surface area contributed by atoms with E-state index in [9.17, 15) is 14.7 Å². The number of fused-ring (bicyclic) bond motifs is 1. The van der Waals surface area contributed by atoms with Crippen molar-refractivity contribution < 1.29 is 44.3 Å². The van der Waals surface area contributed by atoms with Crippen LogP contribution in [-0.2, 0) is 9.59 Å². The molecule has 0 bridgehead atoms. The molecular formula is C13H12NNaO3. The predicted molar refractivity (Wildman–Crippen MR) is 61.3 cm³/mol. The molecule has 1 heterocycles. The van der Waals surface area contributed by atoms with Gasteiger partial charge in [-0.3, -0.25) is 4.79 Å². The van der Waals surface area contributed by atoms with E-state index in [4.69, 9.17) is 0 Å². The Labute approximate surface area is 127 Å². The summed E-state index contributed by atoms with van der Waals surface area (Å²) >= 11 is 0. The van der Waals surface area contributed by atoms with Crippen LogP contribution in [0.15, 0.2) is 30.5 Å². The van der Waals surface area contributed by atoms with Crippen LogP contribution in [0.1, 0.15) is 24.8 Å². The van der Waals surface area contributed by atoms with E-state index < -0.39 is 11.9 Å². The summed E-state index contributed by atoms with van der Waals surface area (Å²) in [7, 11) is 0. The largest absolute Gasteiger partial charge is 1.00 e. The van der Waals surface area contributed by atoms with E-state index in [-0.39, 0.29) is 41.8 Å². The Morgan fingerprint density at radius 2 is 2.00 bits per heavy atom. The van der Waals surface area contributed by atoms with Crippen LogP contribution in [0, 0.1) is 0 Å². The van der Waals surface area contributed by atoms with Gasteiger partial charge in [-0.1, -0.05) is 18.2 Å². The van der Waals surface area contributed by atoms with Crippen LogP contribution in [0.3, 0.4) is 0 Å². The fraction of sp³-hybridized carbons (Fsp3) is 0.231. The number of rotatable bonds is 4. The van der Waals surface area contributed by atoms with E-state index in [1.807, 2.05) is 24.3 Å². The number of carboxylic acids is 1. The maximum atomic E-state index is 11.1. The van der Waals surface area contributed by atoms with E-state index in [0.717, 1.165) is 10.9 Å². The van der Waals surface area contributed by atoms with Gasteiger partial charge in [0, 0.05) is 35.4 Å². The van der Waals surface area contributed by atoms with E-state index in [1.165, 1.54) is 6.92 Å². The third-order valence-electron chi connectivity index (χ3n) is 2.77. The summed E-state index contributed by atoms with van der Waals surface area (Å²) in [5.74, 6) is -2.27. The predicted octanol–water partition coefficient (Wildman–Crippen LogP) is -2.02. The molecular weight excluding hydrogens is 241 g/mol. The molecule has 4 nitrogen and oxygen atoms in total. The van der Waals surface area contributed by atoms with Gasteiger partial charge < -0.3 is 14.9 Å². The van der Waals surface area contributed by atoms with Crippen LogP contribution in [0.4, 0.5) is 0 Å². The first-order valence-corrected chi connectivity index (χ1v) is 5.36. The summed E-state index contributed by atoms with van der Waals surface area (Å²) in [5.41, 5.74) is 1.47. The Bertz CT molecular complexity index is 576. The number of aliphatic carboxylic acids is 1. The number of para-hydroxylation sites is 1. The Morgan fingerprint density at radius 1 is 1.33 bits per heavy atom. The number of carbonyl (C=O) groups excluding carboxylic acids is 2. The summed E-state index contributed by atoms with van der Waals surface area (Å²) in [4.78, 5) is 25.2. The molecule has 1 unspecified atom stereocenters. The van der Waals surface area contributed by atoms with Crippen molar-refractivity contribution in [2.24, 2.45) is 0 Å². The van der Waals surface area contributed by atoms with Crippen LogP contribution in [0.2, 0.25) is 0 Å². The van der Waals surface area contributed by atoms with Crippen molar-refractivity contribution in [2.45, 2.75) is 19.3 Å². The molecule has 1 aromatic carbocycles. The summed E-state index contributed by atoms with van der Waals surface area (Å²) in [6.07, 6.45) is 1.60. The summed E-state index contributed by atoms with van der Waals surface area (Å²) < 4.78 is 0. The summed E-state index contributed by atoms with van der Waals surface area (Å²) in [6, 6.07) is 7.39. The Morgan fingerprint density at radius 3 is 2.61 bits per heavy atom. The van der Waals surface area contributed by atoms with Crippen molar-refractivity contribution in [3.05, 3.63) is 36.0 Å². The first-order valence-electron chi connectivity index (χ1n) is 5.36. The molecule has 2 aromatic rings. The maximum Gasteiger partial charge on any atom is 1.00 e. The number of aromatic nitrogens is 1. The van der Waals surface area contributed by atoms with Crippen LogP contribution < -0.4 is 34.7 Å². The van der Waals surface area contributed by atoms with Crippen molar-refractivity contribution >= 4 is 22.7 Å². The molecule has 0 spiro atoms. The number of H-pyrrole nitrogens is 1. The monoisotopic (exact) mass is 253 g/mol. The number of benzene rings is 1. The fourth-order valence-electron chi connectivity index (χ4n) is 1.99. The summed E-state index contributed by atoms with van der Waals surface area (Å²) in [5, 5.41) is 11.9. The van der Waals surface area contributed by atoms with Gasteiger partial charge in [0.05, 0.1) is 0 Å². The second kappa shape index (κ2) is 6.18. The molecule has 5 heteroatoms. The number of nitrogens with one attached hydrogen (secondary N) is 1. The minimum atomic E-state index is -1.22. The van der Waals surface area contributed by atoms with E-state index in [2.05, 4.69) is 4.98 Å². The molecule has 0 aliphatic carbocycles. The van der Waals surface area contributed by atoms with Gasteiger partial charge >= 0.3 is 29.6 Å². The number of carbonyl (C=O) groups is 2. The second-order valence-electron chi connectivity index (χ2n) is 4.07. The van der Waals surface area contributed by atoms with Crippen molar-refractivity contribution in [3.8, 4) is 0 Å². The quantitative estimate of drug-likeness (QED) is 0.640. The summed E-state index contributed by atoms with van der Waals surface area (Å²) in [6.45, 7) is 1.38. The van der Waals surface area contributed by atoms with Gasteiger partial charge in [-0.2, -0.15) is 0 Å². The van der Waals surface area contributed by atoms with E-state index >= 15 is 0 Å². The zero-order chi connectivity index (χ0) is 12.4. The SMILES string of the molecule is CC(=O)CC(C(=O)[O-])c1c[nH]c2ccccc12.[Na+]. The normalized spacial score (nSPS) is 11.8. The maximum absolute atomic E-state index is 11.1. The number of hydrogen-bond donors (Lipinski definition) is 1. The van der Waals surface area contributed by atoms with Crippen LogP contribution in [-0.4, -0.2) is 16.7 Å². The van der Waals surface area contributed by atoms with Gasteiger partial charge in [0.2, 0.25) is 0 Å². The number of aromatic amines is 1. The number of carboxylic acid groups (broad SMARTS) is 1. The molecule has 0 amide bonds. The van der Waals surface area contributed by atoms with Gasteiger partial charge in [0.1, 0.15) is 5.78 Å². The van der Waals surface area contributed by atoms with Gasteiger partial charge in [0.15, 0.2) is 0 Å². The number of Topliss-reactive ketones (excluding diaryl/α,β-unsaturated/α-hetero) is 1. The van der Waals surface area contributed by atoms with Gasteiger partial charge in [-0.05, 0) is 18.6 Å². The minimum absolute atomic E-state index is 0. The van der Waals surface area contributed by atoms with E-state index in [1.54, 1.807) is 6.20 Å². The molecule has 0 saturated carbocycles. The van der Waals surface area contributed by atoms with Crippen LogP contribution in [0.5, 0.6) is 0 Å². The molecule has 0 aliphatic heterocycles. The number of ketones is 1. The van der Waals surface area contributed by atoms with Crippen LogP contribution >= 0.6 is 0 Å². The Hall–Kier alpha value is -1.10. The Balaban J connectivity index is 0.00000162. The molecule has 1 N–H and O–H groups in total. The van der Waals surface area contributed by atoms with E-state index in [0.29, 0.717) is 5.56 Å². The van der Waals surface area contributed by atoms with Crippen molar-refractivity contribution in [3.63, 3.8) is 0 Å². The third kappa shape index (κ3) is 3.02. The first kappa shape index (κ1) is 15.0. The standard InChI is InChI=1S/C13H13NO3.Na/c1-8(15)6-10(13(16)17)11-7-14-12-5-3-2-4-9(11)12;/h2-5,7,10,14H,6H2,1H3,(H,16,17);/q;+1/p-1. The first-order chi connectivity index (χ1) is 8.09. The molecule has 1 aromatic heterocycles.